The SMILES string of the molecule is [O]C(Cl)(Cl)C(F)F. The van der Waals surface area contributed by atoms with Crippen LogP contribution in [0, 0.1) is 0 Å². The number of hydrogen-bond acceptors (Lipinski definition) is 0. The molecular formula is C2HCl2F2O. The van der Waals surface area contributed by atoms with Crippen molar-refractivity contribution < 1.29 is 13.9 Å². The highest BCUT2D eigenvalue weighted by atomic mass is 35.5. The standard InChI is InChI=1S/C2HCl2F2O/c3-2(4,7)1(5)6/h1H. The van der Waals surface area contributed by atoms with Crippen molar-refractivity contribution in [2.24, 2.45) is 0 Å². The fourth-order valence-electron chi connectivity index (χ4n) is 0. The zero-order valence-electron chi connectivity index (χ0n) is 3.00. The van der Waals surface area contributed by atoms with Gasteiger partial charge in [0.1, 0.15) is 0 Å². The monoisotopic (exact) mass is 149 g/mol. The molecule has 0 aliphatic heterocycles. The Bertz CT molecular complexity index is 59.2. The molecule has 0 bridgehead atoms. The first kappa shape index (κ1) is 7.40. The molecule has 0 saturated heterocycles. The predicted octanol–water partition coefficient (Wildman–Crippen LogP) is 1.81. The zero-order valence-corrected chi connectivity index (χ0v) is 4.51. The molecule has 0 aliphatic rings. The van der Waals surface area contributed by atoms with Gasteiger partial charge >= 0.3 is 4.52 Å². The molecule has 0 aromatic heterocycles. The van der Waals surface area contributed by atoms with Crippen molar-refractivity contribution in [3.05, 3.63) is 0 Å². The molecule has 5 heteroatoms. The first-order chi connectivity index (χ1) is 2.94. The normalized spacial score (nSPS) is 12.9. The van der Waals surface area contributed by atoms with Gasteiger partial charge in [-0.3, -0.25) is 0 Å². The van der Waals surface area contributed by atoms with Gasteiger partial charge in [0.05, 0.1) is 0 Å². The zero-order chi connectivity index (χ0) is 6.08. The van der Waals surface area contributed by atoms with Gasteiger partial charge in [-0.2, -0.15) is 5.11 Å². The lowest BCUT2D eigenvalue weighted by atomic mass is 10.8. The Hall–Kier alpha value is 0.400. The van der Waals surface area contributed by atoms with E-state index < -0.39 is 10.9 Å². The third-order valence-corrected chi connectivity index (χ3v) is 0.584. The van der Waals surface area contributed by atoms with Crippen molar-refractivity contribution in [3.63, 3.8) is 0 Å². The largest absolute Gasteiger partial charge is 0.310 e. The molecule has 0 aliphatic carbocycles. The van der Waals surface area contributed by atoms with E-state index in [4.69, 9.17) is 0 Å². The van der Waals surface area contributed by atoms with Crippen LogP contribution in [0.15, 0.2) is 0 Å². The van der Waals surface area contributed by atoms with Gasteiger partial charge in [-0.25, -0.2) is 8.78 Å². The van der Waals surface area contributed by atoms with E-state index in [1.54, 1.807) is 0 Å². The molecule has 0 fully saturated rings. The van der Waals surface area contributed by atoms with E-state index >= 15 is 0 Å². The molecule has 0 atom stereocenters. The van der Waals surface area contributed by atoms with Gasteiger partial charge in [0.25, 0.3) is 6.43 Å². The van der Waals surface area contributed by atoms with Crippen LogP contribution in [0.5, 0.6) is 0 Å². The van der Waals surface area contributed by atoms with Gasteiger partial charge in [-0.15, -0.1) is 0 Å². The maximum atomic E-state index is 11.0. The van der Waals surface area contributed by atoms with Crippen LogP contribution < -0.4 is 0 Å². The Morgan fingerprint density at radius 3 is 1.57 bits per heavy atom. The molecule has 1 nitrogen and oxygen atoms in total. The second-order valence-electron chi connectivity index (χ2n) is 0.862. The van der Waals surface area contributed by atoms with Gasteiger partial charge in [0, 0.05) is 0 Å². The number of rotatable bonds is 1. The summed E-state index contributed by atoms with van der Waals surface area (Å²) in [7, 11) is 0. The summed E-state index contributed by atoms with van der Waals surface area (Å²) >= 11 is 8.66. The molecule has 0 saturated carbocycles. The van der Waals surface area contributed by atoms with Crippen LogP contribution in [0.2, 0.25) is 0 Å². The minimum absolute atomic E-state index is 3.14. The van der Waals surface area contributed by atoms with Crippen LogP contribution in [-0.4, -0.2) is 10.9 Å². The molecule has 0 unspecified atom stereocenters. The maximum absolute atomic E-state index is 11.0. The Balaban J connectivity index is 3.54. The van der Waals surface area contributed by atoms with Crippen molar-refractivity contribution in [1.29, 1.82) is 0 Å². The molecule has 7 heavy (non-hydrogen) atoms. The Morgan fingerprint density at radius 2 is 1.57 bits per heavy atom. The second kappa shape index (κ2) is 2.11. The van der Waals surface area contributed by atoms with E-state index in [0.717, 1.165) is 0 Å². The summed E-state index contributed by atoms with van der Waals surface area (Å²) in [6.45, 7) is 0. The highest BCUT2D eigenvalue weighted by Crippen LogP contribution is 2.25. The maximum Gasteiger partial charge on any atom is 0.310 e. The first-order valence-electron chi connectivity index (χ1n) is 1.31. The average Bonchev–Trinajstić information content (AvgIpc) is 1.31. The second-order valence-corrected chi connectivity index (χ2v) is 2.18. The van der Waals surface area contributed by atoms with Crippen molar-refractivity contribution in [3.8, 4) is 0 Å². The van der Waals surface area contributed by atoms with Crippen molar-refractivity contribution in [1.82, 2.24) is 0 Å². The van der Waals surface area contributed by atoms with Crippen LogP contribution in [0.4, 0.5) is 8.78 Å². The predicted molar refractivity (Wildman–Crippen MR) is 21.1 cm³/mol. The van der Waals surface area contributed by atoms with E-state index in [9.17, 15) is 13.9 Å². The highest BCUT2D eigenvalue weighted by Gasteiger charge is 2.34. The molecule has 43 valence electrons. The van der Waals surface area contributed by atoms with Gasteiger partial charge in [-0.05, 0) is 0 Å². The van der Waals surface area contributed by atoms with Gasteiger partial charge in [0.2, 0.25) is 0 Å². The molecule has 0 spiro atoms. The number of hydrogen-bond donors (Lipinski definition) is 0. The lowest BCUT2D eigenvalue weighted by Gasteiger charge is -2.04. The van der Waals surface area contributed by atoms with Crippen molar-refractivity contribution in [2.75, 3.05) is 0 Å². The Labute approximate surface area is 48.8 Å². The Morgan fingerprint density at radius 1 is 1.43 bits per heavy atom. The van der Waals surface area contributed by atoms with Gasteiger partial charge in [0.15, 0.2) is 0 Å². The molecule has 0 aromatic carbocycles. The van der Waals surface area contributed by atoms with Crippen molar-refractivity contribution in [2.45, 2.75) is 10.9 Å². The van der Waals surface area contributed by atoms with Gasteiger partial charge in [-0.1, -0.05) is 23.2 Å². The third kappa shape index (κ3) is 3.02. The average molecular weight is 150 g/mol. The van der Waals surface area contributed by atoms with E-state index in [-0.39, 0.29) is 0 Å². The Kier molecular flexibility index (Phi) is 2.23. The number of alkyl halides is 4. The quantitative estimate of drug-likeness (QED) is 0.508. The number of halogens is 4. The van der Waals surface area contributed by atoms with Crippen LogP contribution in [0.25, 0.3) is 0 Å². The fraction of sp³-hybridized carbons (Fsp3) is 1.00. The summed E-state index contributed by atoms with van der Waals surface area (Å²) in [6.07, 6.45) is -3.23. The molecule has 0 heterocycles. The highest BCUT2D eigenvalue weighted by molar-refractivity contribution is 6.47. The van der Waals surface area contributed by atoms with Gasteiger partial charge < -0.3 is 0 Å². The minimum Gasteiger partial charge on any atom is -0.204 e. The summed E-state index contributed by atoms with van der Waals surface area (Å²) in [5.74, 6) is 0. The lowest BCUT2D eigenvalue weighted by Crippen LogP contribution is -2.19. The minimum atomic E-state index is -3.23. The smallest absolute Gasteiger partial charge is 0.204 e. The molecule has 0 amide bonds. The summed E-state index contributed by atoms with van der Waals surface area (Å²) in [6, 6.07) is 0. The topological polar surface area (TPSA) is 19.9 Å². The van der Waals surface area contributed by atoms with E-state index in [1.165, 1.54) is 0 Å². The molecule has 0 rings (SSSR count). The molecule has 0 aromatic rings. The molecular weight excluding hydrogens is 149 g/mol. The first-order valence-corrected chi connectivity index (χ1v) is 2.06. The molecule has 1 radical (unpaired) electrons. The van der Waals surface area contributed by atoms with Crippen LogP contribution in [0.1, 0.15) is 0 Å². The summed E-state index contributed by atoms with van der Waals surface area (Å²) < 4.78 is 18.8. The fourth-order valence-corrected chi connectivity index (χ4v) is 0. The van der Waals surface area contributed by atoms with E-state index in [2.05, 4.69) is 23.2 Å². The van der Waals surface area contributed by atoms with Crippen LogP contribution in [-0.2, 0) is 5.11 Å². The third-order valence-electron chi connectivity index (χ3n) is 0.254. The van der Waals surface area contributed by atoms with Crippen molar-refractivity contribution >= 4 is 23.2 Å². The van der Waals surface area contributed by atoms with Crippen LogP contribution in [0.3, 0.4) is 0 Å². The summed E-state index contributed by atoms with van der Waals surface area (Å²) in [5, 5.41) is 9.58. The van der Waals surface area contributed by atoms with Crippen LogP contribution >= 0.6 is 23.2 Å². The molecule has 0 N–H and O–H groups in total. The van der Waals surface area contributed by atoms with E-state index in [1.807, 2.05) is 0 Å². The van der Waals surface area contributed by atoms with E-state index in [0.29, 0.717) is 0 Å². The summed E-state index contributed by atoms with van der Waals surface area (Å²) in [5.41, 5.74) is 0. The lowest BCUT2D eigenvalue weighted by molar-refractivity contribution is -0.0242. The summed E-state index contributed by atoms with van der Waals surface area (Å²) in [4.78, 5) is 0.